The topological polar surface area (TPSA) is 69.9 Å². The highest BCUT2D eigenvalue weighted by atomic mass is 32.1. The van der Waals surface area contributed by atoms with E-state index in [1.54, 1.807) is 57.4 Å². The number of benzene rings is 2. The number of aromatic nitrogens is 1. The SMILES string of the molecule is CCOC(=O)C1=C(C)N=c2sc(=Cc3ccc(OC)cc3)c(=O)n2C1c1ccccc1F. The molecule has 0 radical (unpaired) electrons. The minimum absolute atomic E-state index is 0.153. The highest BCUT2D eigenvalue weighted by Gasteiger charge is 2.34. The molecule has 1 aromatic heterocycles. The van der Waals surface area contributed by atoms with Crippen molar-refractivity contribution in [2.75, 3.05) is 13.7 Å². The number of halogens is 1. The first-order chi connectivity index (χ1) is 15.4. The van der Waals surface area contributed by atoms with Gasteiger partial charge in [-0.2, -0.15) is 0 Å². The van der Waals surface area contributed by atoms with E-state index >= 15 is 0 Å². The number of ether oxygens (including phenoxy) is 2. The molecule has 2 aromatic carbocycles. The number of rotatable bonds is 5. The molecule has 1 aliphatic rings. The first kappa shape index (κ1) is 21.7. The highest BCUT2D eigenvalue weighted by Crippen LogP contribution is 2.32. The van der Waals surface area contributed by atoms with E-state index in [0.717, 1.165) is 5.56 Å². The molecule has 32 heavy (non-hydrogen) atoms. The largest absolute Gasteiger partial charge is 0.497 e. The van der Waals surface area contributed by atoms with Crippen molar-refractivity contribution in [2.24, 2.45) is 4.99 Å². The number of carbonyl (C=O) groups excluding carboxylic acids is 1. The quantitative estimate of drug-likeness (QED) is 0.558. The smallest absolute Gasteiger partial charge is 0.338 e. The molecule has 4 rings (SSSR count). The Kier molecular flexibility index (Phi) is 6.05. The maximum Gasteiger partial charge on any atom is 0.338 e. The summed E-state index contributed by atoms with van der Waals surface area (Å²) in [5.74, 6) is -0.428. The second kappa shape index (κ2) is 8.92. The van der Waals surface area contributed by atoms with Crippen LogP contribution < -0.4 is 19.6 Å². The Labute approximate surface area is 187 Å². The van der Waals surface area contributed by atoms with Gasteiger partial charge in [0.1, 0.15) is 17.6 Å². The van der Waals surface area contributed by atoms with Crippen LogP contribution in [0.5, 0.6) is 5.75 Å². The molecule has 1 unspecified atom stereocenters. The van der Waals surface area contributed by atoms with E-state index in [-0.39, 0.29) is 23.3 Å². The number of methoxy groups -OCH3 is 1. The van der Waals surface area contributed by atoms with Crippen LogP contribution in [0.4, 0.5) is 4.39 Å². The first-order valence-corrected chi connectivity index (χ1v) is 10.8. The van der Waals surface area contributed by atoms with E-state index in [1.807, 2.05) is 12.1 Å². The summed E-state index contributed by atoms with van der Waals surface area (Å²) in [7, 11) is 1.58. The van der Waals surface area contributed by atoms with Gasteiger partial charge < -0.3 is 9.47 Å². The number of thiazole rings is 1. The zero-order valence-corrected chi connectivity index (χ0v) is 18.6. The third-order valence-corrected chi connectivity index (χ3v) is 6.11. The van der Waals surface area contributed by atoms with Crippen LogP contribution in [0.25, 0.3) is 6.08 Å². The molecular formula is C24H21FN2O4S. The van der Waals surface area contributed by atoms with Crippen LogP contribution in [-0.2, 0) is 9.53 Å². The molecule has 0 fully saturated rings. The zero-order valence-electron chi connectivity index (χ0n) is 17.8. The Morgan fingerprint density at radius 2 is 1.94 bits per heavy atom. The van der Waals surface area contributed by atoms with Crippen LogP contribution in [0.3, 0.4) is 0 Å². The average molecular weight is 453 g/mol. The number of allylic oxidation sites excluding steroid dienone is 1. The summed E-state index contributed by atoms with van der Waals surface area (Å²) in [5.41, 5.74) is 1.21. The lowest BCUT2D eigenvalue weighted by Gasteiger charge is -2.24. The van der Waals surface area contributed by atoms with Gasteiger partial charge in [0, 0.05) is 5.56 Å². The highest BCUT2D eigenvalue weighted by molar-refractivity contribution is 7.07. The third-order valence-electron chi connectivity index (χ3n) is 5.13. The molecule has 8 heteroatoms. The monoisotopic (exact) mass is 452 g/mol. The number of hydrogen-bond acceptors (Lipinski definition) is 6. The fourth-order valence-corrected chi connectivity index (χ4v) is 4.68. The number of carbonyl (C=O) groups is 1. The van der Waals surface area contributed by atoms with Crippen LogP contribution in [0.1, 0.15) is 31.0 Å². The van der Waals surface area contributed by atoms with Crippen molar-refractivity contribution < 1.29 is 18.7 Å². The van der Waals surface area contributed by atoms with Gasteiger partial charge in [0.2, 0.25) is 0 Å². The van der Waals surface area contributed by atoms with Crippen molar-refractivity contribution >= 4 is 23.4 Å². The molecule has 0 bridgehead atoms. The first-order valence-electron chi connectivity index (χ1n) is 10.0. The van der Waals surface area contributed by atoms with Crippen molar-refractivity contribution in [1.82, 2.24) is 4.57 Å². The molecular weight excluding hydrogens is 431 g/mol. The predicted molar refractivity (Wildman–Crippen MR) is 120 cm³/mol. The molecule has 2 heterocycles. The second-order valence-electron chi connectivity index (χ2n) is 7.10. The van der Waals surface area contributed by atoms with Crippen molar-refractivity contribution in [2.45, 2.75) is 19.9 Å². The van der Waals surface area contributed by atoms with Crippen molar-refractivity contribution in [3.8, 4) is 5.75 Å². The van der Waals surface area contributed by atoms with Gasteiger partial charge in [0.25, 0.3) is 5.56 Å². The Morgan fingerprint density at radius 1 is 1.22 bits per heavy atom. The minimum atomic E-state index is -0.968. The molecule has 0 amide bonds. The van der Waals surface area contributed by atoms with Crippen molar-refractivity contribution in [3.05, 3.63) is 96.4 Å². The van der Waals surface area contributed by atoms with Gasteiger partial charge in [-0.3, -0.25) is 9.36 Å². The van der Waals surface area contributed by atoms with E-state index in [9.17, 15) is 14.0 Å². The van der Waals surface area contributed by atoms with E-state index in [0.29, 0.717) is 20.8 Å². The van der Waals surface area contributed by atoms with Gasteiger partial charge in [-0.15, -0.1) is 0 Å². The molecule has 6 nitrogen and oxygen atoms in total. The standard InChI is InChI=1S/C24H21FN2O4S/c1-4-31-23(29)20-14(2)26-24-27(21(20)17-7-5-6-8-18(17)25)22(28)19(32-24)13-15-9-11-16(30-3)12-10-15/h5-13,21H,4H2,1-3H3. The summed E-state index contributed by atoms with van der Waals surface area (Å²) >= 11 is 1.19. The fourth-order valence-electron chi connectivity index (χ4n) is 3.63. The van der Waals surface area contributed by atoms with E-state index < -0.39 is 17.8 Å². The summed E-state index contributed by atoms with van der Waals surface area (Å²) in [5, 5.41) is 0. The number of nitrogens with zero attached hydrogens (tertiary/aromatic N) is 2. The van der Waals surface area contributed by atoms with Gasteiger partial charge >= 0.3 is 5.97 Å². The minimum Gasteiger partial charge on any atom is -0.497 e. The lowest BCUT2D eigenvalue weighted by Crippen LogP contribution is -2.40. The van der Waals surface area contributed by atoms with E-state index in [1.165, 1.54) is 22.0 Å². The number of hydrogen-bond donors (Lipinski definition) is 0. The van der Waals surface area contributed by atoms with Gasteiger partial charge in [-0.05, 0) is 43.7 Å². The van der Waals surface area contributed by atoms with Gasteiger partial charge in [0.05, 0.1) is 29.5 Å². The Balaban J connectivity index is 1.94. The average Bonchev–Trinajstić information content (AvgIpc) is 3.08. The molecule has 1 aliphatic heterocycles. The summed E-state index contributed by atoms with van der Waals surface area (Å²) < 4.78 is 27.0. The maximum absolute atomic E-state index is 14.8. The van der Waals surface area contributed by atoms with Crippen molar-refractivity contribution in [3.63, 3.8) is 0 Å². The van der Waals surface area contributed by atoms with Crippen LogP contribution >= 0.6 is 11.3 Å². The summed E-state index contributed by atoms with van der Waals surface area (Å²) in [4.78, 5) is 31.1. The molecule has 0 N–H and O–H groups in total. The fraction of sp³-hybridized carbons (Fsp3) is 0.208. The van der Waals surface area contributed by atoms with Crippen LogP contribution in [0.2, 0.25) is 0 Å². The molecule has 3 aromatic rings. The Morgan fingerprint density at radius 3 is 2.59 bits per heavy atom. The predicted octanol–water partition coefficient (Wildman–Crippen LogP) is 2.95. The van der Waals surface area contributed by atoms with Crippen LogP contribution in [0, 0.1) is 5.82 Å². The van der Waals surface area contributed by atoms with Gasteiger partial charge in [-0.1, -0.05) is 41.7 Å². The molecule has 0 aliphatic carbocycles. The third kappa shape index (κ3) is 3.89. The van der Waals surface area contributed by atoms with Gasteiger partial charge in [-0.25, -0.2) is 14.2 Å². The lowest BCUT2D eigenvalue weighted by molar-refractivity contribution is -0.139. The van der Waals surface area contributed by atoms with E-state index in [4.69, 9.17) is 9.47 Å². The molecule has 0 spiro atoms. The Hall–Kier alpha value is -3.52. The number of esters is 1. The van der Waals surface area contributed by atoms with E-state index in [2.05, 4.69) is 4.99 Å². The van der Waals surface area contributed by atoms with Gasteiger partial charge in [0.15, 0.2) is 4.80 Å². The van der Waals surface area contributed by atoms with Crippen molar-refractivity contribution in [1.29, 1.82) is 0 Å². The Bertz CT molecular complexity index is 1390. The van der Waals surface area contributed by atoms with Crippen LogP contribution in [-0.4, -0.2) is 24.3 Å². The lowest BCUT2D eigenvalue weighted by atomic mass is 9.95. The normalized spacial score (nSPS) is 15.9. The molecule has 0 saturated heterocycles. The molecule has 1 atom stereocenters. The maximum atomic E-state index is 14.8. The summed E-state index contributed by atoms with van der Waals surface area (Å²) in [6.45, 7) is 3.51. The van der Waals surface area contributed by atoms with Crippen LogP contribution in [0.15, 0.2) is 69.6 Å². The summed E-state index contributed by atoms with van der Waals surface area (Å²) in [6, 6.07) is 12.4. The molecule has 164 valence electrons. The zero-order chi connectivity index (χ0) is 22.8. The second-order valence-corrected chi connectivity index (χ2v) is 8.11. The number of fused-ring (bicyclic) bond motifs is 1. The molecule has 0 saturated carbocycles. The summed E-state index contributed by atoms with van der Waals surface area (Å²) in [6.07, 6.45) is 1.74.